The van der Waals surface area contributed by atoms with Gasteiger partial charge in [-0.05, 0) is 18.2 Å². The summed E-state index contributed by atoms with van der Waals surface area (Å²) >= 11 is 0. The van der Waals surface area contributed by atoms with Crippen molar-refractivity contribution in [2.24, 2.45) is 0 Å². The first-order valence-electron chi connectivity index (χ1n) is 5.84. The van der Waals surface area contributed by atoms with E-state index >= 15 is 0 Å². The van der Waals surface area contributed by atoms with Gasteiger partial charge in [0.1, 0.15) is 10.7 Å². The predicted octanol–water partition coefficient (Wildman–Crippen LogP) is 0.959. The minimum absolute atomic E-state index is 0.0268. The maximum Gasteiger partial charge on any atom is 0.245 e. The Labute approximate surface area is 117 Å². The van der Waals surface area contributed by atoms with E-state index in [1.165, 1.54) is 7.11 Å². The average molecular weight is 301 g/mol. The molecule has 0 aliphatic carbocycles. The second kappa shape index (κ2) is 7.19. The quantitative estimate of drug-likeness (QED) is 0.757. The van der Waals surface area contributed by atoms with E-state index in [1.807, 2.05) is 6.07 Å². The molecule has 2 N–H and O–H groups in total. The summed E-state index contributed by atoms with van der Waals surface area (Å²) in [5.74, 6) is -0.609. The van der Waals surface area contributed by atoms with Gasteiger partial charge in [-0.1, -0.05) is 0 Å². The fourth-order valence-electron chi connectivity index (χ4n) is 1.61. The molecule has 1 aromatic carbocycles. The Morgan fingerprint density at radius 2 is 2.15 bits per heavy atom. The first-order chi connectivity index (χ1) is 9.43. The maximum absolute atomic E-state index is 13.0. The molecule has 0 heterocycles. The normalized spacial score (nSPS) is 11.5. The van der Waals surface area contributed by atoms with Gasteiger partial charge in [0.25, 0.3) is 0 Å². The SMILES string of the molecule is COCCN(CCC#N)S(=O)(=O)c1ccc(F)cc1N. The minimum Gasteiger partial charge on any atom is -0.398 e. The number of nitriles is 1. The number of sulfonamides is 1. The molecule has 0 radical (unpaired) electrons. The van der Waals surface area contributed by atoms with Gasteiger partial charge in [0.15, 0.2) is 0 Å². The number of nitrogen functional groups attached to an aromatic ring is 1. The van der Waals surface area contributed by atoms with Crippen LogP contribution in [0.2, 0.25) is 0 Å². The Balaban J connectivity index is 3.11. The topological polar surface area (TPSA) is 96.4 Å². The van der Waals surface area contributed by atoms with E-state index in [1.54, 1.807) is 0 Å². The summed E-state index contributed by atoms with van der Waals surface area (Å²) in [4.78, 5) is -0.173. The van der Waals surface area contributed by atoms with E-state index in [0.29, 0.717) is 0 Å². The molecular weight excluding hydrogens is 285 g/mol. The van der Waals surface area contributed by atoms with Gasteiger partial charge in [-0.3, -0.25) is 0 Å². The maximum atomic E-state index is 13.0. The van der Waals surface area contributed by atoms with Crippen molar-refractivity contribution < 1.29 is 17.5 Å². The third-order valence-corrected chi connectivity index (χ3v) is 4.58. The molecule has 20 heavy (non-hydrogen) atoms. The van der Waals surface area contributed by atoms with Gasteiger partial charge >= 0.3 is 0 Å². The third kappa shape index (κ3) is 3.90. The zero-order valence-corrected chi connectivity index (χ0v) is 11.9. The van der Waals surface area contributed by atoms with Crippen molar-refractivity contribution in [3.8, 4) is 6.07 Å². The molecule has 1 aromatic rings. The Bertz CT molecular complexity index is 598. The van der Waals surface area contributed by atoms with E-state index < -0.39 is 15.8 Å². The van der Waals surface area contributed by atoms with Crippen LogP contribution in [0.1, 0.15) is 6.42 Å². The second-order valence-corrected chi connectivity index (χ2v) is 5.89. The van der Waals surface area contributed by atoms with Crippen molar-refractivity contribution >= 4 is 15.7 Å². The zero-order chi connectivity index (χ0) is 15.2. The van der Waals surface area contributed by atoms with Crippen molar-refractivity contribution in [2.45, 2.75) is 11.3 Å². The Kier molecular flexibility index (Phi) is 5.88. The highest BCUT2D eigenvalue weighted by molar-refractivity contribution is 7.89. The molecule has 0 unspecified atom stereocenters. The zero-order valence-electron chi connectivity index (χ0n) is 11.0. The number of hydrogen-bond acceptors (Lipinski definition) is 5. The van der Waals surface area contributed by atoms with Crippen molar-refractivity contribution in [3.63, 3.8) is 0 Å². The number of halogens is 1. The highest BCUT2D eigenvalue weighted by Gasteiger charge is 2.26. The van der Waals surface area contributed by atoms with E-state index in [0.717, 1.165) is 22.5 Å². The Morgan fingerprint density at radius 1 is 1.45 bits per heavy atom. The highest BCUT2D eigenvalue weighted by atomic mass is 32.2. The first kappa shape index (κ1) is 16.4. The number of rotatable bonds is 7. The van der Waals surface area contributed by atoms with Crippen LogP contribution in [-0.4, -0.2) is 39.5 Å². The van der Waals surface area contributed by atoms with Crippen LogP contribution in [-0.2, 0) is 14.8 Å². The van der Waals surface area contributed by atoms with Gasteiger partial charge in [-0.15, -0.1) is 0 Å². The Hall–Kier alpha value is -1.69. The molecule has 0 amide bonds. The molecule has 0 spiro atoms. The molecule has 6 nitrogen and oxygen atoms in total. The molecule has 1 rings (SSSR count). The summed E-state index contributed by atoms with van der Waals surface area (Å²) < 4.78 is 43.8. The summed E-state index contributed by atoms with van der Waals surface area (Å²) in [6, 6.07) is 4.98. The summed E-state index contributed by atoms with van der Waals surface area (Å²) in [6.07, 6.45) is 0.0457. The molecule has 0 saturated carbocycles. The lowest BCUT2D eigenvalue weighted by Crippen LogP contribution is -2.35. The monoisotopic (exact) mass is 301 g/mol. The highest BCUT2D eigenvalue weighted by Crippen LogP contribution is 2.23. The molecule has 8 heteroatoms. The number of nitrogens with zero attached hydrogens (tertiary/aromatic N) is 2. The number of ether oxygens (including phenoxy) is 1. The number of methoxy groups -OCH3 is 1. The molecule has 110 valence electrons. The van der Waals surface area contributed by atoms with Crippen molar-refractivity contribution in [3.05, 3.63) is 24.0 Å². The molecular formula is C12H16FN3O3S. The van der Waals surface area contributed by atoms with Gasteiger partial charge < -0.3 is 10.5 Å². The van der Waals surface area contributed by atoms with Crippen LogP contribution >= 0.6 is 0 Å². The second-order valence-electron chi connectivity index (χ2n) is 3.99. The van der Waals surface area contributed by atoms with Crippen LogP contribution in [0, 0.1) is 17.1 Å². The molecule has 0 aliphatic heterocycles. The van der Waals surface area contributed by atoms with Crippen molar-refractivity contribution in [2.75, 3.05) is 32.5 Å². The van der Waals surface area contributed by atoms with Crippen LogP contribution in [0.5, 0.6) is 0 Å². The third-order valence-electron chi connectivity index (χ3n) is 2.61. The summed E-state index contributed by atoms with van der Waals surface area (Å²) in [7, 11) is -2.44. The molecule has 0 atom stereocenters. The van der Waals surface area contributed by atoms with Crippen molar-refractivity contribution in [1.82, 2.24) is 4.31 Å². The Morgan fingerprint density at radius 3 is 2.70 bits per heavy atom. The van der Waals surface area contributed by atoms with Gasteiger partial charge in [-0.25, -0.2) is 12.8 Å². The lowest BCUT2D eigenvalue weighted by atomic mass is 10.3. The molecule has 0 aliphatic rings. The summed E-state index contributed by atoms with van der Waals surface area (Å²) in [5.41, 5.74) is 5.40. The van der Waals surface area contributed by atoms with E-state index in [2.05, 4.69) is 0 Å². The average Bonchev–Trinajstić information content (AvgIpc) is 2.38. The van der Waals surface area contributed by atoms with E-state index in [9.17, 15) is 12.8 Å². The standard InChI is InChI=1S/C12H16FN3O3S/c1-19-8-7-16(6-2-5-14)20(17,18)12-4-3-10(13)9-11(12)15/h3-4,9H,2,6-8,15H2,1H3. The first-order valence-corrected chi connectivity index (χ1v) is 7.28. The lowest BCUT2D eigenvalue weighted by molar-refractivity contribution is 0.179. The summed E-state index contributed by atoms with van der Waals surface area (Å²) in [6.45, 7) is 0.308. The molecule has 0 bridgehead atoms. The smallest absolute Gasteiger partial charge is 0.245 e. The number of anilines is 1. The van der Waals surface area contributed by atoms with Gasteiger partial charge in [0.2, 0.25) is 10.0 Å². The summed E-state index contributed by atoms with van der Waals surface area (Å²) in [5, 5.41) is 8.59. The predicted molar refractivity (Wildman–Crippen MR) is 71.7 cm³/mol. The van der Waals surface area contributed by atoms with Crippen LogP contribution < -0.4 is 5.73 Å². The fourth-order valence-corrected chi connectivity index (χ4v) is 3.13. The van der Waals surface area contributed by atoms with Crippen LogP contribution in [0.15, 0.2) is 23.1 Å². The van der Waals surface area contributed by atoms with Gasteiger partial charge in [0, 0.05) is 26.6 Å². The minimum atomic E-state index is -3.88. The fraction of sp³-hybridized carbons (Fsp3) is 0.417. The van der Waals surface area contributed by atoms with Crippen molar-refractivity contribution in [1.29, 1.82) is 5.26 Å². The van der Waals surface area contributed by atoms with Crippen LogP contribution in [0.3, 0.4) is 0 Å². The molecule has 0 fully saturated rings. The number of benzene rings is 1. The van der Waals surface area contributed by atoms with Gasteiger partial charge in [-0.2, -0.15) is 9.57 Å². The van der Waals surface area contributed by atoms with E-state index in [4.69, 9.17) is 15.7 Å². The molecule has 0 saturated heterocycles. The van der Waals surface area contributed by atoms with Crippen LogP contribution in [0.25, 0.3) is 0 Å². The van der Waals surface area contributed by atoms with Crippen LogP contribution in [0.4, 0.5) is 10.1 Å². The number of hydrogen-bond donors (Lipinski definition) is 1. The largest absolute Gasteiger partial charge is 0.398 e. The van der Waals surface area contributed by atoms with Gasteiger partial charge in [0.05, 0.1) is 18.4 Å². The lowest BCUT2D eigenvalue weighted by Gasteiger charge is -2.21. The molecule has 0 aromatic heterocycles. The number of nitrogens with two attached hydrogens (primary N) is 1. The van der Waals surface area contributed by atoms with E-state index in [-0.39, 0.29) is 36.7 Å².